The molecule has 1 unspecified atom stereocenters. The molecular formula is C26H30FN7O4. The molecule has 0 amide bonds. The number of nitrogens with zero attached hydrogens (tertiary/aromatic N) is 6. The summed E-state index contributed by atoms with van der Waals surface area (Å²) in [5, 5.41) is 13.2. The van der Waals surface area contributed by atoms with Crippen LogP contribution in [0.25, 0.3) is 10.9 Å². The van der Waals surface area contributed by atoms with E-state index in [-0.39, 0.29) is 11.4 Å². The number of hydrogen-bond donors (Lipinski definition) is 1. The summed E-state index contributed by atoms with van der Waals surface area (Å²) in [6.07, 6.45) is 0. The van der Waals surface area contributed by atoms with Crippen molar-refractivity contribution in [2.24, 2.45) is 0 Å². The van der Waals surface area contributed by atoms with Gasteiger partial charge in [0.1, 0.15) is 11.9 Å². The third-order valence-electron chi connectivity index (χ3n) is 6.85. The number of H-pyrrole nitrogens is 1. The number of methoxy groups -OCH3 is 3. The van der Waals surface area contributed by atoms with Crippen LogP contribution < -0.4 is 19.9 Å². The van der Waals surface area contributed by atoms with Gasteiger partial charge in [-0.25, -0.2) is 9.07 Å². The lowest BCUT2D eigenvalue weighted by molar-refractivity contribution is 0.171. The Morgan fingerprint density at radius 3 is 2.39 bits per heavy atom. The van der Waals surface area contributed by atoms with Crippen molar-refractivity contribution in [2.45, 2.75) is 12.6 Å². The zero-order valence-corrected chi connectivity index (χ0v) is 21.6. The standard InChI is InChI=1S/C26H30FN7O4/c1-36-13-12-34-25(29-30-31-34)24(33-10-8-32(9-11-33)19-6-4-18(27)5-7-19)20-14-17-15-22(37-2)23(38-3)16-21(17)28-26(20)35/h4-7,14-16,24H,8-13H2,1-3H3,(H,28,35). The van der Waals surface area contributed by atoms with Crippen LogP contribution in [0.2, 0.25) is 0 Å². The molecule has 5 rings (SSSR count). The molecule has 0 saturated carbocycles. The first kappa shape index (κ1) is 25.6. The largest absolute Gasteiger partial charge is 0.493 e. The number of tetrazole rings is 1. The molecule has 38 heavy (non-hydrogen) atoms. The predicted molar refractivity (Wildman–Crippen MR) is 139 cm³/mol. The Balaban J connectivity index is 1.54. The summed E-state index contributed by atoms with van der Waals surface area (Å²) in [7, 11) is 4.74. The molecule has 1 aliphatic heterocycles. The molecule has 1 saturated heterocycles. The van der Waals surface area contributed by atoms with Crippen molar-refractivity contribution in [3.8, 4) is 11.5 Å². The number of benzene rings is 2. The van der Waals surface area contributed by atoms with Gasteiger partial charge in [-0.1, -0.05) is 0 Å². The molecular weight excluding hydrogens is 493 g/mol. The maximum atomic E-state index is 13.5. The van der Waals surface area contributed by atoms with Crippen molar-refractivity contribution in [3.05, 3.63) is 70.0 Å². The third kappa shape index (κ3) is 5.04. The van der Waals surface area contributed by atoms with Crippen LogP contribution in [0.3, 0.4) is 0 Å². The van der Waals surface area contributed by atoms with Gasteiger partial charge in [0.15, 0.2) is 17.3 Å². The minimum Gasteiger partial charge on any atom is -0.493 e. The number of piperazine rings is 1. The van der Waals surface area contributed by atoms with E-state index in [0.29, 0.717) is 67.7 Å². The number of fused-ring (bicyclic) bond motifs is 1. The Labute approximate surface area is 218 Å². The van der Waals surface area contributed by atoms with Crippen LogP contribution in [0.1, 0.15) is 17.4 Å². The van der Waals surface area contributed by atoms with Crippen LogP contribution in [0.5, 0.6) is 11.5 Å². The fraction of sp³-hybridized carbons (Fsp3) is 0.385. The highest BCUT2D eigenvalue weighted by Gasteiger charge is 2.33. The van der Waals surface area contributed by atoms with Gasteiger partial charge in [0.25, 0.3) is 5.56 Å². The van der Waals surface area contributed by atoms with E-state index in [0.717, 1.165) is 11.1 Å². The van der Waals surface area contributed by atoms with Crippen LogP contribution in [0.15, 0.2) is 47.3 Å². The second-order valence-corrected chi connectivity index (χ2v) is 9.00. The molecule has 1 atom stereocenters. The fourth-order valence-electron chi connectivity index (χ4n) is 4.89. The van der Waals surface area contributed by atoms with Gasteiger partial charge in [-0.3, -0.25) is 9.69 Å². The van der Waals surface area contributed by atoms with E-state index >= 15 is 0 Å². The molecule has 0 radical (unpaired) electrons. The zero-order chi connectivity index (χ0) is 26.6. The molecule has 0 bridgehead atoms. The van der Waals surface area contributed by atoms with E-state index in [1.807, 2.05) is 12.1 Å². The Hall–Kier alpha value is -4.03. The average Bonchev–Trinajstić information content (AvgIpc) is 3.40. The fourth-order valence-corrected chi connectivity index (χ4v) is 4.89. The Bertz CT molecular complexity index is 1450. The van der Waals surface area contributed by atoms with E-state index < -0.39 is 6.04 Å². The highest BCUT2D eigenvalue weighted by molar-refractivity contribution is 5.83. The number of ether oxygens (including phenoxy) is 3. The smallest absolute Gasteiger partial charge is 0.253 e. The van der Waals surface area contributed by atoms with Gasteiger partial charge in [0, 0.05) is 56.0 Å². The number of aromatic amines is 1. The summed E-state index contributed by atoms with van der Waals surface area (Å²) in [6, 6.07) is 11.4. The minimum absolute atomic E-state index is 0.239. The van der Waals surface area contributed by atoms with Crippen LogP contribution in [0.4, 0.5) is 10.1 Å². The van der Waals surface area contributed by atoms with Crippen molar-refractivity contribution < 1.29 is 18.6 Å². The highest BCUT2D eigenvalue weighted by atomic mass is 19.1. The molecule has 0 aliphatic carbocycles. The quantitative estimate of drug-likeness (QED) is 0.353. The second kappa shape index (κ2) is 11.2. The van der Waals surface area contributed by atoms with Crippen molar-refractivity contribution in [3.63, 3.8) is 0 Å². The molecule has 11 nitrogen and oxygen atoms in total. The lowest BCUT2D eigenvalue weighted by atomic mass is 10.0. The summed E-state index contributed by atoms with van der Waals surface area (Å²) in [5.41, 5.74) is 1.87. The van der Waals surface area contributed by atoms with Gasteiger partial charge in [-0.2, -0.15) is 0 Å². The van der Waals surface area contributed by atoms with E-state index in [2.05, 4.69) is 30.3 Å². The van der Waals surface area contributed by atoms with E-state index in [9.17, 15) is 9.18 Å². The number of hydrogen-bond acceptors (Lipinski definition) is 9. The van der Waals surface area contributed by atoms with Gasteiger partial charge >= 0.3 is 0 Å². The normalized spacial score (nSPS) is 15.1. The van der Waals surface area contributed by atoms with Crippen molar-refractivity contribution >= 4 is 16.6 Å². The molecule has 1 N–H and O–H groups in total. The monoisotopic (exact) mass is 523 g/mol. The number of nitrogens with one attached hydrogen (secondary N) is 1. The van der Waals surface area contributed by atoms with Gasteiger partial charge in [-0.15, -0.1) is 5.10 Å². The molecule has 200 valence electrons. The molecule has 3 heterocycles. The summed E-state index contributed by atoms with van der Waals surface area (Å²) < 4.78 is 31.2. The number of rotatable bonds is 9. The molecule has 2 aromatic heterocycles. The van der Waals surface area contributed by atoms with Crippen LogP contribution in [-0.4, -0.2) is 84.2 Å². The predicted octanol–water partition coefficient (Wildman–Crippen LogP) is 2.23. The summed E-state index contributed by atoms with van der Waals surface area (Å²) >= 11 is 0. The summed E-state index contributed by atoms with van der Waals surface area (Å²) in [5.74, 6) is 1.38. The van der Waals surface area contributed by atoms with E-state index in [1.54, 1.807) is 44.2 Å². The second-order valence-electron chi connectivity index (χ2n) is 9.00. The molecule has 2 aromatic carbocycles. The maximum absolute atomic E-state index is 13.5. The molecule has 1 aliphatic rings. The Morgan fingerprint density at radius 2 is 1.71 bits per heavy atom. The lowest BCUT2D eigenvalue weighted by Crippen LogP contribution is -2.49. The van der Waals surface area contributed by atoms with Gasteiger partial charge < -0.3 is 24.1 Å². The number of aromatic nitrogens is 5. The van der Waals surface area contributed by atoms with Crippen LogP contribution in [-0.2, 0) is 11.3 Å². The average molecular weight is 524 g/mol. The van der Waals surface area contributed by atoms with E-state index in [1.165, 1.54) is 12.1 Å². The topological polar surface area (TPSA) is 111 Å². The minimum atomic E-state index is -0.501. The molecule has 4 aromatic rings. The van der Waals surface area contributed by atoms with Gasteiger partial charge in [-0.05, 0) is 46.8 Å². The zero-order valence-electron chi connectivity index (χ0n) is 21.6. The van der Waals surface area contributed by atoms with Crippen molar-refractivity contribution in [1.29, 1.82) is 0 Å². The lowest BCUT2D eigenvalue weighted by Gasteiger charge is -2.39. The van der Waals surface area contributed by atoms with Crippen LogP contribution >= 0.6 is 0 Å². The first-order valence-electron chi connectivity index (χ1n) is 12.3. The van der Waals surface area contributed by atoms with Crippen molar-refractivity contribution in [1.82, 2.24) is 30.1 Å². The number of anilines is 1. The Morgan fingerprint density at radius 1 is 1.00 bits per heavy atom. The molecule has 12 heteroatoms. The first-order valence-corrected chi connectivity index (χ1v) is 12.3. The van der Waals surface area contributed by atoms with Crippen LogP contribution in [0, 0.1) is 5.82 Å². The number of pyridine rings is 1. The summed E-state index contributed by atoms with van der Waals surface area (Å²) in [4.78, 5) is 20.9. The first-order chi connectivity index (χ1) is 18.5. The van der Waals surface area contributed by atoms with E-state index in [4.69, 9.17) is 14.2 Å². The number of halogens is 1. The highest BCUT2D eigenvalue weighted by Crippen LogP contribution is 2.33. The van der Waals surface area contributed by atoms with Gasteiger partial charge in [0.05, 0.1) is 32.9 Å². The summed E-state index contributed by atoms with van der Waals surface area (Å²) in [6.45, 7) is 3.54. The van der Waals surface area contributed by atoms with Crippen molar-refractivity contribution in [2.75, 3.05) is 59.0 Å². The maximum Gasteiger partial charge on any atom is 0.253 e. The third-order valence-corrected chi connectivity index (χ3v) is 6.85. The Kier molecular flexibility index (Phi) is 7.52. The SMILES string of the molecule is COCCn1nnnc1C(c1cc2cc(OC)c(OC)cc2[nH]c1=O)N1CCN(c2ccc(F)cc2)CC1. The molecule has 1 fully saturated rings. The molecule has 0 spiro atoms. The van der Waals surface area contributed by atoms with Gasteiger partial charge in [0.2, 0.25) is 0 Å².